The highest BCUT2D eigenvalue weighted by molar-refractivity contribution is 14.1. The van der Waals surface area contributed by atoms with Crippen LogP contribution in [0.1, 0.15) is 33.0 Å². The molecule has 0 aliphatic heterocycles. The van der Waals surface area contributed by atoms with Gasteiger partial charge in [-0.05, 0) is 99.1 Å². The number of halogens is 4. The smallest absolute Gasteiger partial charge is 0.317 e. The molecule has 32 heavy (non-hydrogen) atoms. The van der Waals surface area contributed by atoms with Gasteiger partial charge in [0.05, 0.1) is 16.2 Å². The van der Waals surface area contributed by atoms with Crippen LogP contribution in [-0.2, 0) is 9.53 Å². The fourth-order valence-corrected chi connectivity index (χ4v) is 5.45. The predicted molar refractivity (Wildman–Crippen MR) is 143 cm³/mol. The molecule has 0 aromatic heterocycles. The molecular weight excluding hydrogens is 679 g/mol. The highest BCUT2D eigenvalue weighted by Crippen LogP contribution is 2.36. The second-order valence-electron chi connectivity index (χ2n) is 6.93. The van der Waals surface area contributed by atoms with Gasteiger partial charge in [-0.1, -0.05) is 41.4 Å². The van der Waals surface area contributed by atoms with Gasteiger partial charge in [-0.25, -0.2) is 0 Å². The Hall–Kier alpha value is -1.56. The number of benzene rings is 3. The number of phenolic OH excluding ortho intramolecular Hbond substituents is 1. The zero-order valence-corrected chi connectivity index (χ0v) is 22.7. The van der Waals surface area contributed by atoms with Gasteiger partial charge in [0.2, 0.25) is 0 Å². The Morgan fingerprint density at radius 2 is 1.72 bits per heavy atom. The maximum atomic E-state index is 12.8. The van der Waals surface area contributed by atoms with E-state index >= 15 is 0 Å². The number of carbonyl (C=O) groups excluding carboxylic acids is 2. The molecular formula is C23H17Cl2I2NO4. The quantitative estimate of drug-likeness (QED) is 0.228. The van der Waals surface area contributed by atoms with E-state index in [-0.39, 0.29) is 16.3 Å². The number of aryl methyl sites for hydroxylation is 1. The van der Waals surface area contributed by atoms with Crippen molar-refractivity contribution in [3.05, 3.63) is 88.0 Å². The Bertz CT molecular complexity index is 1200. The third-order valence-electron chi connectivity index (χ3n) is 4.82. The fraction of sp³-hybridized carbons (Fsp3) is 0.130. The highest BCUT2D eigenvalue weighted by Gasteiger charge is 2.27. The van der Waals surface area contributed by atoms with Crippen molar-refractivity contribution in [2.24, 2.45) is 0 Å². The summed E-state index contributed by atoms with van der Waals surface area (Å²) in [4.78, 5) is 25.4. The lowest BCUT2D eigenvalue weighted by Crippen LogP contribution is -2.17. The predicted octanol–water partition coefficient (Wildman–Crippen LogP) is 6.77. The second kappa shape index (κ2) is 10.6. The number of aromatic hydroxyl groups is 1. The van der Waals surface area contributed by atoms with Crippen molar-refractivity contribution in [2.45, 2.75) is 12.8 Å². The van der Waals surface area contributed by atoms with Gasteiger partial charge in [0.15, 0.2) is 0 Å². The number of anilines is 1. The van der Waals surface area contributed by atoms with Gasteiger partial charge in [-0.2, -0.15) is 0 Å². The molecule has 0 fully saturated rings. The van der Waals surface area contributed by atoms with Crippen molar-refractivity contribution in [2.75, 3.05) is 12.4 Å². The number of phenols is 1. The number of esters is 1. The molecule has 0 bridgehead atoms. The molecule has 0 saturated heterocycles. The van der Waals surface area contributed by atoms with Crippen molar-refractivity contribution in [3.8, 4) is 5.75 Å². The summed E-state index contributed by atoms with van der Waals surface area (Å²) in [6, 6.07) is 13.6. The number of nitrogens with one attached hydrogen (secondary N) is 1. The Kier molecular flexibility index (Phi) is 8.29. The third-order valence-corrected chi connectivity index (χ3v) is 6.84. The van der Waals surface area contributed by atoms with Crippen LogP contribution in [0.2, 0.25) is 10.0 Å². The molecule has 0 radical (unpaired) electrons. The minimum Gasteiger partial charge on any atom is -0.506 e. The van der Waals surface area contributed by atoms with Crippen molar-refractivity contribution in [3.63, 3.8) is 0 Å². The summed E-state index contributed by atoms with van der Waals surface area (Å²) < 4.78 is 6.41. The summed E-state index contributed by atoms with van der Waals surface area (Å²) in [5.74, 6) is -1.77. The molecule has 3 aromatic rings. The molecule has 1 amide bonds. The van der Waals surface area contributed by atoms with E-state index in [0.717, 1.165) is 3.57 Å². The van der Waals surface area contributed by atoms with Gasteiger partial charge in [0.1, 0.15) is 11.7 Å². The van der Waals surface area contributed by atoms with Crippen LogP contribution in [0.25, 0.3) is 0 Å². The maximum Gasteiger partial charge on any atom is 0.317 e. The first-order valence-electron chi connectivity index (χ1n) is 9.25. The average molecular weight is 696 g/mol. The van der Waals surface area contributed by atoms with Crippen molar-refractivity contribution >= 4 is 85.9 Å². The van der Waals surface area contributed by atoms with Gasteiger partial charge in [-0.15, -0.1) is 0 Å². The first-order chi connectivity index (χ1) is 15.1. The van der Waals surface area contributed by atoms with E-state index in [1.807, 2.05) is 22.6 Å². The number of hydrogen-bond acceptors (Lipinski definition) is 4. The van der Waals surface area contributed by atoms with Crippen molar-refractivity contribution in [1.29, 1.82) is 0 Å². The molecule has 3 rings (SSSR count). The SMILES string of the molecule is COC(=O)C(c1ccc(Cl)cc1)c1cc(C)c(NC(=O)c2cc(I)cc(I)c2O)cc1Cl. The molecule has 1 unspecified atom stereocenters. The van der Waals surface area contributed by atoms with Crippen LogP contribution in [-0.4, -0.2) is 24.1 Å². The fourth-order valence-electron chi connectivity index (χ4n) is 3.20. The van der Waals surface area contributed by atoms with Crippen LogP contribution in [0, 0.1) is 14.1 Å². The normalized spacial score (nSPS) is 11.7. The van der Waals surface area contributed by atoms with Gasteiger partial charge in [-0.3, -0.25) is 9.59 Å². The molecule has 166 valence electrons. The molecule has 3 aromatic carbocycles. The Morgan fingerprint density at radius 3 is 2.34 bits per heavy atom. The number of methoxy groups -OCH3 is 1. The lowest BCUT2D eigenvalue weighted by molar-refractivity contribution is -0.141. The molecule has 1 atom stereocenters. The minimum atomic E-state index is -0.755. The summed E-state index contributed by atoms with van der Waals surface area (Å²) in [5.41, 5.74) is 2.55. The van der Waals surface area contributed by atoms with Gasteiger partial charge >= 0.3 is 5.97 Å². The highest BCUT2D eigenvalue weighted by atomic mass is 127. The lowest BCUT2D eigenvalue weighted by atomic mass is 9.90. The van der Waals surface area contributed by atoms with E-state index in [0.29, 0.717) is 31.0 Å². The zero-order chi connectivity index (χ0) is 23.6. The molecule has 5 nitrogen and oxygen atoms in total. The topological polar surface area (TPSA) is 75.6 Å². The standard InChI is InChI=1S/C23H17Cl2I2NO4/c1-11-7-15(20(23(31)32-2)12-3-5-13(24)6-4-12)17(25)10-19(11)28-22(30)16-8-14(26)9-18(27)21(16)29/h3-10,20,29H,1-2H3,(H,28,30). The van der Waals surface area contributed by atoms with E-state index in [4.69, 9.17) is 27.9 Å². The molecule has 2 N–H and O–H groups in total. The van der Waals surface area contributed by atoms with E-state index < -0.39 is 17.8 Å². The number of carbonyl (C=O) groups is 2. The molecule has 0 saturated carbocycles. The van der Waals surface area contributed by atoms with Crippen LogP contribution >= 0.6 is 68.4 Å². The molecule has 0 aliphatic carbocycles. The van der Waals surface area contributed by atoms with E-state index in [9.17, 15) is 14.7 Å². The van der Waals surface area contributed by atoms with Crippen molar-refractivity contribution in [1.82, 2.24) is 0 Å². The first-order valence-corrected chi connectivity index (χ1v) is 12.2. The van der Waals surface area contributed by atoms with Crippen LogP contribution in [0.3, 0.4) is 0 Å². The lowest BCUT2D eigenvalue weighted by Gasteiger charge is -2.19. The Balaban J connectivity index is 1.99. The summed E-state index contributed by atoms with van der Waals surface area (Å²) >= 11 is 16.6. The molecule has 0 spiro atoms. The Morgan fingerprint density at radius 1 is 1.06 bits per heavy atom. The molecule has 0 heterocycles. The van der Waals surface area contributed by atoms with Gasteiger partial charge in [0, 0.05) is 19.3 Å². The van der Waals surface area contributed by atoms with E-state index in [2.05, 4.69) is 27.9 Å². The number of amides is 1. The summed E-state index contributed by atoms with van der Waals surface area (Å²) in [5, 5.41) is 13.9. The number of hydrogen-bond donors (Lipinski definition) is 2. The monoisotopic (exact) mass is 695 g/mol. The van der Waals surface area contributed by atoms with E-state index in [1.54, 1.807) is 55.5 Å². The Labute approximate surface area is 222 Å². The maximum absolute atomic E-state index is 12.8. The second-order valence-corrected chi connectivity index (χ2v) is 10.2. The average Bonchev–Trinajstić information content (AvgIpc) is 2.75. The summed E-state index contributed by atoms with van der Waals surface area (Å²) in [7, 11) is 1.32. The van der Waals surface area contributed by atoms with Crippen LogP contribution < -0.4 is 5.32 Å². The summed E-state index contributed by atoms with van der Waals surface area (Å²) in [6.45, 7) is 1.80. The van der Waals surface area contributed by atoms with Gasteiger partial charge < -0.3 is 15.2 Å². The number of ether oxygens (including phenoxy) is 1. The largest absolute Gasteiger partial charge is 0.506 e. The third kappa shape index (κ3) is 5.49. The number of rotatable bonds is 5. The zero-order valence-electron chi connectivity index (χ0n) is 16.9. The minimum absolute atomic E-state index is 0.0858. The van der Waals surface area contributed by atoms with Crippen LogP contribution in [0.5, 0.6) is 5.75 Å². The molecule has 9 heteroatoms. The van der Waals surface area contributed by atoms with Crippen LogP contribution in [0.15, 0.2) is 48.5 Å². The summed E-state index contributed by atoms with van der Waals surface area (Å²) in [6.07, 6.45) is 0. The van der Waals surface area contributed by atoms with Crippen LogP contribution in [0.4, 0.5) is 5.69 Å². The van der Waals surface area contributed by atoms with Crippen molar-refractivity contribution < 1.29 is 19.4 Å². The molecule has 0 aliphatic rings. The van der Waals surface area contributed by atoms with Gasteiger partial charge in [0.25, 0.3) is 5.91 Å². The van der Waals surface area contributed by atoms with E-state index in [1.165, 1.54) is 7.11 Å². The first kappa shape index (κ1) is 25.1.